The summed E-state index contributed by atoms with van der Waals surface area (Å²) >= 11 is 0. The fourth-order valence-electron chi connectivity index (χ4n) is 2.97. The molecule has 4 aromatic carbocycles. The molecule has 90 valence electrons. The minimum absolute atomic E-state index is 0.675. The van der Waals surface area contributed by atoms with Crippen LogP contribution in [0.15, 0.2) is 48.5 Å². The molecule has 0 amide bonds. The van der Waals surface area contributed by atoms with Crippen LogP contribution in [0.2, 0.25) is 0 Å². The van der Waals surface area contributed by atoms with Gasteiger partial charge in [-0.2, -0.15) is 10.5 Å². The molecule has 0 aliphatic rings. The van der Waals surface area contributed by atoms with E-state index in [-0.39, 0.29) is 0 Å². The smallest absolute Gasteiger partial charge is 0.0992 e. The summed E-state index contributed by atoms with van der Waals surface area (Å²) in [6.07, 6.45) is 0. The lowest BCUT2D eigenvalue weighted by atomic mass is 9.92. The summed E-state index contributed by atoms with van der Waals surface area (Å²) in [5.41, 5.74) is 1.35. The first kappa shape index (κ1) is 10.8. The molecule has 4 rings (SSSR count). The van der Waals surface area contributed by atoms with E-state index in [4.69, 9.17) is 10.5 Å². The Morgan fingerprint density at radius 3 is 1.10 bits per heavy atom. The molecule has 20 heavy (non-hydrogen) atoms. The number of nitrogens with zero attached hydrogens (tertiary/aromatic N) is 2. The Bertz CT molecular complexity index is 908. The predicted octanol–water partition coefficient (Wildman–Crippen LogP) is 4.33. The molecule has 2 heteroatoms. The number of rotatable bonds is 0. The van der Waals surface area contributed by atoms with Gasteiger partial charge in [-0.15, -0.1) is 0 Å². The lowest BCUT2D eigenvalue weighted by Crippen LogP contribution is -1.86. The molecule has 4 aromatic rings. The molecule has 0 heterocycles. The first-order chi connectivity index (χ1) is 9.80. The highest BCUT2D eigenvalue weighted by molar-refractivity contribution is 6.23. The second kappa shape index (κ2) is 3.70. The van der Waals surface area contributed by atoms with E-state index in [9.17, 15) is 0 Å². The van der Waals surface area contributed by atoms with Crippen molar-refractivity contribution in [2.24, 2.45) is 0 Å². The lowest BCUT2D eigenvalue weighted by molar-refractivity contribution is 1.50. The summed E-state index contributed by atoms with van der Waals surface area (Å²) in [6.45, 7) is 0. The van der Waals surface area contributed by atoms with Crippen LogP contribution in [0.4, 0.5) is 0 Å². The van der Waals surface area contributed by atoms with Crippen molar-refractivity contribution in [3.63, 3.8) is 0 Å². The SMILES string of the molecule is N#Cc1cc2ccc3cc(C#N)cc4ccc(c1)c2c34. The van der Waals surface area contributed by atoms with Crippen LogP contribution >= 0.6 is 0 Å². The van der Waals surface area contributed by atoms with Gasteiger partial charge in [0.25, 0.3) is 0 Å². The van der Waals surface area contributed by atoms with Crippen LogP contribution in [-0.2, 0) is 0 Å². The maximum absolute atomic E-state index is 9.10. The molecule has 0 atom stereocenters. The van der Waals surface area contributed by atoms with Gasteiger partial charge in [0, 0.05) is 0 Å². The first-order valence-electron chi connectivity index (χ1n) is 6.33. The summed E-state index contributed by atoms with van der Waals surface area (Å²) in [4.78, 5) is 0. The van der Waals surface area contributed by atoms with E-state index in [2.05, 4.69) is 12.1 Å². The van der Waals surface area contributed by atoms with Crippen molar-refractivity contribution in [2.45, 2.75) is 0 Å². The van der Waals surface area contributed by atoms with Gasteiger partial charge in [-0.05, 0) is 56.6 Å². The molecule has 0 spiro atoms. The average molecular weight is 252 g/mol. The van der Waals surface area contributed by atoms with Gasteiger partial charge in [0.05, 0.1) is 23.3 Å². The van der Waals surface area contributed by atoms with Crippen molar-refractivity contribution in [1.82, 2.24) is 0 Å². The fraction of sp³-hybridized carbons (Fsp3) is 0. The topological polar surface area (TPSA) is 47.6 Å². The van der Waals surface area contributed by atoms with Crippen LogP contribution in [-0.4, -0.2) is 0 Å². The van der Waals surface area contributed by atoms with Crippen LogP contribution < -0.4 is 0 Å². The fourth-order valence-corrected chi connectivity index (χ4v) is 2.97. The quantitative estimate of drug-likeness (QED) is 0.437. The van der Waals surface area contributed by atoms with Gasteiger partial charge in [0.15, 0.2) is 0 Å². The Labute approximate surface area is 115 Å². The second-order valence-electron chi connectivity index (χ2n) is 4.95. The zero-order valence-corrected chi connectivity index (χ0v) is 10.5. The summed E-state index contributed by atoms with van der Waals surface area (Å²) in [5.74, 6) is 0. The largest absolute Gasteiger partial charge is 0.192 e. The molecule has 0 bridgehead atoms. The highest BCUT2D eigenvalue weighted by atomic mass is 14.2. The molecule has 0 aliphatic carbocycles. The van der Waals surface area contributed by atoms with Gasteiger partial charge in [-0.3, -0.25) is 0 Å². The molecule has 0 aromatic heterocycles. The van der Waals surface area contributed by atoms with E-state index in [1.165, 1.54) is 10.8 Å². The molecule has 0 N–H and O–H groups in total. The second-order valence-corrected chi connectivity index (χ2v) is 4.95. The van der Waals surface area contributed by atoms with E-state index in [0.29, 0.717) is 11.1 Å². The third-order valence-corrected chi connectivity index (χ3v) is 3.79. The molecule has 0 unspecified atom stereocenters. The standard InChI is InChI=1S/C18H8N2/c19-9-11-5-13-1-2-14-6-12(10-20)8-16-4-3-15(7-11)17(13)18(14)16/h1-8H. The Morgan fingerprint density at radius 1 is 0.550 bits per heavy atom. The van der Waals surface area contributed by atoms with E-state index in [0.717, 1.165) is 21.5 Å². The van der Waals surface area contributed by atoms with Crippen LogP contribution in [0.25, 0.3) is 32.3 Å². The van der Waals surface area contributed by atoms with Crippen LogP contribution in [0.5, 0.6) is 0 Å². The zero-order valence-electron chi connectivity index (χ0n) is 10.5. The highest BCUT2D eigenvalue weighted by Crippen LogP contribution is 2.35. The highest BCUT2D eigenvalue weighted by Gasteiger charge is 2.10. The minimum Gasteiger partial charge on any atom is -0.192 e. The molecule has 0 saturated heterocycles. The van der Waals surface area contributed by atoms with E-state index in [1.54, 1.807) is 0 Å². The van der Waals surface area contributed by atoms with Gasteiger partial charge < -0.3 is 0 Å². The predicted molar refractivity (Wildman–Crippen MR) is 79.6 cm³/mol. The third-order valence-electron chi connectivity index (χ3n) is 3.79. The monoisotopic (exact) mass is 252 g/mol. The van der Waals surface area contributed by atoms with Crippen LogP contribution in [0.3, 0.4) is 0 Å². The van der Waals surface area contributed by atoms with Crippen molar-refractivity contribution < 1.29 is 0 Å². The van der Waals surface area contributed by atoms with E-state index >= 15 is 0 Å². The van der Waals surface area contributed by atoms with Crippen molar-refractivity contribution in [3.8, 4) is 12.1 Å². The first-order valence-corrected chi connectivity index (χ1v) is 6.33. The number of benzene rings is 4. The number of nitriles is 2. The average Bonchev–Trinajstić information content (AvgIpc) is 2.51. The Kier molecular flexibility index (Phi) is 1.99. The van der Waals surface area contributed by atoms with Crippen LogP contribution in [0.1, 0.15) is 11.1 Å². The van der Waals surface area contributed by atoms with Gasteiger partial charge in [-0.25, -0.2) is 0 Å². The number of hydrogen-bond acceptors (Lipinski definition) is 2. The van der Waals surface area contributed by atoms with Crippen molar-refractivity contribution >= 4 is 32.3 Å². The molecular formula is C18H8N2. The van der Waals surface area contributed by atoms with E-state index in [1.807, 2.05) is 48.5 Å². The molecule has 0 saturated carbocycles. The molecule has 0 radical (unpaired) electrons. The Balaban J connectivity index is 2.32. The van der Waals surface area contributed by atoms with Crippen molar-refractivity contribution in [3.05, 3.63) is 59.7 Å². The third kappa shape index (κ3) is 1.31. The summed E-state index contributed by atoms with van der Waals surface area (Å²) in [7, 11) is 0. The van der Waals surface area contributed by atoms with E-state index < -0.39 is 0 Å². The summed E-state index contributed by atoms with van der Waals surface area (Å²) in [5, 5.41) is 24.8. The van der Waals surface area contributed by atoms with Gasteiger partial charge in [0.1, 0.15) is 0 Å². The zero-order chi connectivity index (χ0) is 13.7. The molecule has 0 aliphatic heterocycles. The van der Waals surface area contributed by atoms with Crippen molar-refractivity contribution in [1.29, 1.82) is 10.5 Å². The van der Waals surface area contributed by atoms with Gasteiger partial charge >= 0.3 is 0 Å². The Morgan fingerprint density at radius 2 is 0.850 bits per heavy atom. The lowest BCUT2D eigenvalue weighted by Gasteiger charge is -2.11. The Hall–Kier alpha value is -3.10. The summed E-state index contributed by atoms with van der Waals surface area (Å²) < 4.78 is 0. The maximum atomic E-state index is 9.10. The molecule has 0 fully saturated rings. The number of hydrogen-bond donors (Lipinski definition) is 0. The van der Waals surface area contributed by atoms with Gasteiger partial charge in [0.2, 0.25) is 0 Å². The molecule has 2 nitrogen and oxygen atoms in total. The minimum atomic E-state index is 0.675. The summed E-state index contributed by atoms with van der Waals surface area (Å²) in [6, 6.07) is 20.2. The normalized spacial score (nSPS) is 10.9. The maximum Gasteiger partial charge on any atom is 0.0992 e. The van der Waals surface area contributed by atoms with Crippen LogP contribution in [0, 0.1) is 22.7 Å². The van der Waals surface area contributed by atoms with Crippen molar-refractivity contribution in [2.75, 3.05) is 0 Å². The molecular weight excluding hydrogens is 244 g/mol. The van der Waals surface area contributed by atoms with Gasteiger partial charge in [-0.1, -0.05) is 24.3 Å².